The predicted molar refractivity (Wildman–Crippen MR) is 66.5 cm³/mol. The minimum atomic E-state index is -0.284. The summed E-state index contributed by atoms with van der Waals surface area (Å²) in [6.45, 7) is 0.509. The largest absolute Gasteiger partial charge is 0.492 e. The Morgan fingerprint density at radius 3 is 2.94 bits per heavy atom. The van der Waals surface area contributed by atoms with E-state index < -0.39 is 0 Å². The normalized spacial score (nSPS) is 10.5. The minimum absolute atomic E-state index is 0.284. The quantitative estimate of drug-likeness (QED) is 0.868. The molecule has 0 bridgehead atoms. The van der Waals surface area contributed by atoms with Crippen molar-refractivity contribution in [2.45, 2.75) is 6.42 Å². The Labute approximate surface area is 107 Å². The van der Waals surface area contributed by atoms with E-state index in [1.807, 2.05) is 17.8 Å². The van der Waals surface area contributed by atoms with Crippen LogP contribution in [0.4, 0.5) is 4.39 Å². The molecule has 0 unspecified atom stereocenters. The predicted octanol–water partition coefficient (Wildman–Crippen LogP) is 2.94. The Hall–Kier alpha value is -1.36. The Bertz CT molecular complexity index is 513. The number of aromatic nitrogens is 2. The zero-order chi connectivity index (χ0) is 12.3. The molecule has 0 aliphatic heterocycles. The summed E-state index contributed by atoms with van der Waals surface area (Å²) in [5.41, 5.74) is 0. The molecule has 3 nitrogen and oxygen atoms in total. The molecule has 0 atom stereocenters. The Balaban J connectivity index is 1.92. The van der Waals surface area contributed by atoms with Gasteiger partial charge in [-0.15, -0.1) is 0 Å². The van der Waals surface area contributed by atoms with Gasteiger partial charge in [-0.05, 0) is 34.1 Å². The number of halogens is 2. The van der Waals surface area contributed by atoms with Gasteiger partial charge < -0.3 is 9.30 Å². The van der Waals surface area contributed by atoms with Gasteiger partial charge in [-0.2, -0.15) is 0 Å². The lowest BCUT2D eigenvalue weighted by Gasteiger charge is -2.08. The van der Waals surface area contributed by atoms with Crippen molar-refractivity contribution in [1.82, 2.24) is 9.55 Å². The van der Waals surface area contributed by atoms with Gasteiger partial charge in [0.25, 0.3) is 0 Å². The number of nitrogens with zero attached hydrogens (tertiary/aromatic N) is 2. The maximum Gasteiger partial charge on any atom is 0.133 e. The molecule has 0 N–H and O–H groups in total. The number of rotatable bonds is 4. The van der Waals surface area contributed by atoms with E-state index in [2.05, 4.69) is 20.9 Å². The van der Waals surface area contributed by atoms with Crippen LogP contribution in [0.5, 0.6) is 5.75 Å². The smallest absolute Gasteiger partial charge is 0.133 e. The average molecular weight is 299 g/mol. The Morgan fingerprint density at radius 2 is 2.29 bits per heavy atom. The van der Waals surface area contributed by atoms with Crippen LogP contribution in [0.1, 0.15) is 5.82 Å². The first kappa shape index (κ1) is 12.1. The summed E-state index contributed by atoms with van der Waals surface area (Å²) in [4.78, 5) is 4.19. The molecule has 0 amide bonds. The fourth-order valence-corrected chi connectivity index (χ4v) is 1.95. The van der Waals surface area contributed by atoms with E-state index in [1.165, 1.54) is 12.1 Å². The van der Waals surface area contributed by atoms with Crippen molar-refractivity contribution in [3.05, 3.63) is 46.7 Å². The Kier molecular flexibility index (Phi) is 3.78. The average Bonchev–Trinajstić information content (AvgIpc) is 2.68. The molecular formula is C12H12BrFN2O. The van der Waals surface area contributed by atoms with Gasteiger partial charge in [0.1, 0.15) is 17.4 Å². The molecule has 0 fully saturated rings. The first-order chi connectivity index (χ1) is 8.16. The molecule has 0 radical (unpaired) electrons. The number of ether oxygens (including phenoxy) is 1. The van der Waals surface area contributed by atoms with Crippen molar-refractivity contribution in [3.63, 3.8) is 0 Å². The van der Waals surface area contributed by atoms with Crippen LogP contribution in [0.2, 0.25) is 0 Å². The molecule has 1 aromatic carbocycles. The first-order valence-corrected chi connectivity index (χ1v) is 6.00. The van der Waals surface area contributed by atoms with E-state index in [9.17, 15) is 4.39 Å². The summed E-state index contributed by atoms with van der Waals surface area (Å²) in [5.74, 6) is 1.32. The lowest BCUT2D eigenvalue weighted by molar-refractivity contribution is 0.315. The maximum absolute atomic E-state index is 12.8. The number of imidazole rings is 1. The highest BCUT2D eigenvalue weighted by Gasteiger charge is 2.04. The summed E-state index contributed by atoms with van der Waals surface area (Å²) in [6, 6.07) is 4.37. The Morgan fingerprint density at radius 1 is 1.47 bits per heavy atom. The van der Waals surface area contributed by atoms with Crippen LogP contribution in [-0.2, 0) is 13.5 Å². The minimum Gasteiger partial charge on any atom is -0.492 e. The van der Waals surface area contributed by atoms with Crippen LogP contribution in [0.15, 0.2) is 35.1 Å². The van der Waals surface area contributed by atoms with Crippen molar-refractivity contribution >= 4 is 15.9 Å². The molecule has 90 valence electrons. The molecular weight excluding hydrogens is 287 g/mol. The third-order valence-electron chi connectivity index (χ3n) is 2.40. The second-order valence-electron chi connectivity index (χ2n) is 3.63. The third kappa shape index (κ3) is 3.06. The number of aryl methyl sites for hydroxylation is 1. The molecule has 1 heterocycles. The fourth-order valence-electron chi connectivity index (χ4n) is 1.48. The van der Waals surface area contributed by atoms with Gasteiger partial charge in [-0.1, -0.05) is 0 Å². The molecule has 5 heteroatoms. The number of benzene rings is 1. The van der Waals surface area contributed by atoms with E-state index >= 15 is 0 Å². The van der Waals surface area contributed by atoms with Gasteiger partial charge >= 0.3 is 0 Å². The van der Waals surface area contributed by atoms with E-state index in [-0.39, 0.29) is 5.82 Å². The highest BCUT2D eigenvalue weighted by Crippen LogP contribution is 2.25. The van der Waals surface area contributed by atoms with Gasteiger partial charge in [0.05, 0.1) is 11.1 Å². The van der Waals surface area contributed by atoms with Gasteiger partial charge in [-0.25, -0.2) is 9.37 Å². The fraction of sp³-hybridized carbons (Fsp3) is 0.250. The molecule has 0 saturated carbocycles. The maximum atomic E-state index is 12.8. The highest BCUT2D eigenvalue weighted by atomic mass is 79.9. The van der Waals surface area contributed by atoms with Crippen LogP contribution < -0.4 is 4.74 Å². The van der Waals surface area contributed by atoms with Crippen molar-refractivity contribution in [3.8, 4) is 5.75 Å². The summed E-state index contributed by atoms with van der Waals surface area (Å²) < 4.78 is 21.0. The SMILES string of the molecule is Cn1ccnc1CCOc1ccc(F)cc1Br. The molecule has 0 aliphatic rings. The van der Waals surface area contributed by atoms with Gasteiger partial charge in [-0.3, -0.25) is 0 Å². The van der Waals surface area contributed by atoms with Crippen molar-refractivity contribution in [1.29, 1.82) is 0 Å². The van der Waals surface area contributed by atoms with E-state index in [0.717, 1.165) is 5.82 Å². The second-order valence-corrected chi connectivity index (χ2v) is 4.48. The highest BCUT2D eigenvalue weighted by molar-refractivity contribution is 9.10. The molecule has 0 saturated heterocycles. The number of hydrogen-bond donors (Lipinski definition) is 0. The number of hydrogen-bond acceptors (Lipinski definition) is 2. The van der Waals surface area contributed by atoms with Crippen LogP contribution in [-0.4, -0.2) is 16.2 Å². The van der Waals surface area contributed by atoms with E-state index in [0.29, 0.717) is 23.2 Å². The zero-order valence-corrected chi connectivity index (χ0v) is 10.9. The molecule has 17 heavy (non-hydrogen) atoms. The molecule has 0 aliphatic carbocycles. The zero-order valence-electron chi connectivity index (χ0n) is 9.36. The van der Waals surface area contributed by atoms with Crippen molar-refractivity contribution < 1.29 is 9.13 Å². The van der Waals surface area contributed by atoms with Crippen LogP contribution >= 0.6 is 15.9 Å². The first-order valence-electron chi connectivity index (χ1n) is 5.21. The molecule has 2 rings (SSSR count). The summed E-state index contributed by atoms with van der Waals surface area (Å²) in [5, 5.41) is 0. The van der Waals surface area contributed by atoms with Gasteiger partial charge in [0.2, 0.25) is 0 Å². The summed E-state index contributed by atoms with van der Waals surface area (Å²) >= 11 is 3.25. The molecule has 1 aromatic heterocycles. The molecule has 0 spiro atoms. The summed E-state index contributed by atoms with van der Waals surface area (Å²) in [6.07, 6.45) is 4.36. The third-order valence-corrected chi connectivity index (χ3v) is 3.02. The van der Waals surface area contributed by atoms with Crippen molar-refractivity contribution in [2.75, 3.05) is 6.61 Å². The van der Waals surface area contributed by atoms with Crippen molar-refractivity contribution in [2.24, 2.45) is 7.05 Å². The molecule has 2 aromatic rings. The van der Waals surface area contributed by atoms with Crippen LogP contribution in [0.3, 0.4) is 0 Å². The van der Waals surface area contributed by atoms with E-state index in [4.69, 9.17) is 4.74 Å². The lowest BCUT2D eigenvalue weighted by atomic mass is 10.3. The standard InChI is InChI=1S/C12H12BrFN2O/c1-16-6-5-15-12(16)4-7-17-11-3-2-9(14)8-10(11)13/h2-3,5-6,8H,4,7H2,1H3. The van der Waals surface area contributed by atoms with E-state index in [1.54, 1.807) is 12.3 Å². The van der Waals surface area contributed by atoms with Crippen LogP contribution in [0.25, 0.3) is 0 Å². The summed E-state index contributed by atoms with van der Waals surface area (Å²) in [7, 11) is 1.94. The monoisotopic (exact) mass is 298 g/mol. The topological polar surface area (TPSA) is 27.1 Å². The second kappa shape index (κ2) is 5.31. The van der Waals surface area contributed by atoms with Crippen LogP contribution in [0, 0.1) is 5.82 Å². The van der Waals surface area contributed by atoms with Gasteiger partial charge in [0, 0.05) is 25.9 Å². The lowest BCUT2D eigenvalue weighted by Crippen LogP contribution is -2.06. The van der Waals surface area contributed by atoms with Gasteiger partial charge in [0.15, 0.2) is 0 Å².